The minimum Gasteiger partial charge on any atom is -0.351 e. The number of benzene rings is 2. The van der Waals surface area contributed by atoms with Gasteiger partial charge in [-0.05, 0) is 30.5 Å². The maximum absolute atomic E-state index is 12.4. The topological polar surface area (TPSA) is 63.2 Å². The Labute approximate surface area is 137 Å². The average molecular weight is 331 g/mol. The van der Waals surface area contributed by atoms with Gasteiger partial charge >= 0.3 is 0 Å². The van der Waals surface area contributed by atoms with Crippen LogP contribution in [0.5, 0.6) is 0 Å². The molecule has 1 atom stereocenters. The third-order valence-electron chi connectivity index (χ3n) is 3.83. The number of amides is 1. The highest BCUT2D eigenvalue weighted by atomic mass is 32.2. The summed E-state index contributed by atoms with van der Waals surface area (Å²) in [5.74, 6) is -0.600. The lowest BCUT2D eigenvalue weighted by Gasteiger charge is -2.14. The lowest BCUT2D eigenvalue weighted by Crippen LogP contribution is -2.38. The zero-order valence-electron chi connectivity index (χ0n) is 13.3. The van der Waals surface area contributed by atoms with Gasteiger partial charge < -0.3 is 5.32 Å². The third kappa shape index (κ3) is 4.66. The quantitative estimate of drug-likeness (QED) is 0.885. The number of aryl methyl sites for hydroxylation is 1. The van der Waals surface area contributed by atoms with Crippen molar-refractivity contribution in [3.8, 4) is 0 Å². The summed E-state index contributed by atoms with van der Waals surface area (Å²) >= 11 is 0. The van der Waals surface area contributed by atoms with E-state index in [9.17, 15) is 13.2 Å². The molecule has 2 aromatic carbocycles. The highest BCUT2D eigenvalue weighted by molar-refractivity contribution is 7.92. The van der Waals surface area contributed by atoms with Crippen LogP contribution in [0, 0.1) is 6.92 Å². The van der Waals surface area contributed by atoms with E-state index in [0.717, 1.165) is 11.1 Å². The summed E-state index contributed by atoms with van der Waals surface area (Å²) in [5.41, 5.74) is 2.73. The first-order valence-corrected chi connectivity index (χ1v) is 9.19. The van der Waals surface area contributed by atoms with E-state index in [-0.39, 0.29) is 5.75 Å². The van der Waals surface area contributed by atoms with Crippen molar-refractivity contribution in [3.63, 3.8) is 0 Å². The molecule has 0 aromatic heterocycles. The van der Waals surface area contributed by atoms with E-state index in [1.165, 1.54) is 6.92 Å². The predicted octanol–water partition coefficient (Wildman–Crippen LogP) is 2.61. The van der Waals surface area contributed by atoms with Crippen LogP contribution in [0.25, 0.3) is 0 Å². The lowest BCUT2D eigenvalue weighted by atomic mass is 10.1. The first-order valence-electron chi connectivity index (χ1n) is 7.48. The Morgan fingerprint density at radius 2 is 1.65 bits per heavy atom. The predicted molar refractivity (Wildman–Crippen MR) is 91.6 cm³/mol. The lowest BCUT2D eigenvalue weighted by molar-refractivity contribution is -0.120. The highest BCUT2D eigenvalue weighted by Crippen LogP contribution is 2.12. The molecule has 23 heavy (non-hydrogen) atoms. The molecule has 0 radical (unpaired) electrons. The standard InChI is InChI=1S/C18H21NO3S/c1-14-8-6-7-11-17(14)12-19-18(20)15(2)23(21,22)13-16-9-4-3-5-10-16/h3-11,15H,12-13H2,1-2H3,(H,19,20). The van der Waals surface area contributed by atoms with Crippen LogP contribution in [0.1, 0.15) is 23.6 Å². The molecule has 1 amide bonds. The van der Waals surface area contributed by atoms with E-state index in [4.69, 9.17) is 0 Å². The van der Waals surface area contributed by atoms with Gasteiger partial charge in [-0.25, -0.2) is 8.42 Å². The fourth-order valence-electron chi connectivity index (χ4n) is 2.23. The second kappa shape index (κ2) is 7.42. The Hall–Kier alpha value is -2.14. The largest absolute Gasteiger partial charge is 0.351 e. The number of carbonyl (C=O) groups is 1. The van der Waals surface area contributed by atoms with Crippen LogP contribution in [0.4, 0.5) is 0 Å². The monoisotopic (exact) mass is 331 g/mol. The first kappa shape index (κ1) is 17.2. The SMILES string of the molecule is Cc1ccccc1CNC(=O)C(C)S(=O)(=O)Cc1ccccc1. The normalized spacial score (nSPS) is 12.6. The average Bonchev–Trinajstić information content (AvgIpc) is 2.53. The van der Waals surface area contributed by atoms with Crippen LogP contribution in [0.2, 0.25) is 0 Å². The van der Waals surface area contributed by atoms with E-state index >= 15 is 0 Å². The van der Waals surface area contributed by atoms with E-state index in [1.807, 2.05) is 37.3 Å². The molecule has 2 aromatic rings. The Morgan fingerprint density at radius 3 is 2.30 bits per heavy atom. The summed E-state index contributed by atoms with van der Waals surface area (Å²) in [6.45, 7) is 3.72. The highest BCUT2D eigenvalue weighted by Gasteiger charge is 2.27. The second-order valence-corrected chi connectivity index (χ2v) is 7.90. The van der Waals surface area contributed by atoms with E-state index in [0.29, 0.717) is 12.1 Å². The smallest absolute Gasteiger partial charge is 0.238 e. The van der Waals surface area contributed by atoms with Gasteiger partial charge in [-0.2, -0.15) is 0 Å². The van der Waals surface area contributed by atoms with E-state index < -0.39 is 21.0 Å². The summed E-state index contributed by atoms with van der Waals surface area (Å²) in [4.78, 5) is 12.2. The maximum Gasteiger partial charge on any atom is 0.238 e. The van der Waals surface area contributed by atoms with Gasteiger partial charge in [-0.15, -0.1) is 0 Å². The van der Waals surface area contributed by atoms with Crippen LogP contribution < -0.4 is 5.32 Å². The minimum absolute atomic E-state index is 0.132. The van der Waals surface area contributed by atoms with Gasteiger partial charge in [0.05, 0.1) is 5.75 Å². The number of sulfone groups is 1. The molecule has 0 saturated carbocycles. The van der Waals surface area contributed by atoms with Crippen molar-refractivity contribution in [2.75, 3.05) is 0 Å². The van der Waals surface area contributed by atoms with Crippen LogP contribution in [0.15, 0.2) is 54.6 Å². The fourth-order valence-corrected chi connectivity index (χ4v) is 3.55. The van der Waals surface area contributed by atoms with E-state index in [2.05, 4.69) is 5.32 Å². The summed E-state index contributed by atoms with van der Waals surface area (Å²) in [7, 11) is -3.54. The van der Waals surface area contributed by atoms with Crippen LogP contribution in [-0.2, 0) is 26.9 Å². The summed E-state index contributed by atoms with van der Waals surface area (Å²) in [5, 5.41) is 1.64. The summed E-state index contributed by atoms with van der Waals surface area (Å²) in [6.07, 6.45) is 0. The number of hydrogen-bond acceptors (Lipinski definition) is 3. The van der Waals surface area contributed by atoms with Crippen molar-refractivity contribution in [1.82, 2.24) is 5.32 Å². The molecule has 0 heterocycles. The van der Waals surface area contributed by atoms with Crippen molar-refractivity contribution >= 4 is 15.7 Å². The van der Waals surface area contributed by atoms with Gasteiger partial charge in [0.25, 0.3) is 0 Å². The molecule has 1 unspecified atom stereocenters. The summed E-state index contributed by atoms with van der Waals surface area (Å²) in [6, 6.07) is 16.6. The van der Waals surface area contributed by atoms with Gasteiger partial charge in [-0.1, -0.05) is 54.6 Å². The second-order valence-electron chi connectivity index (χ2n) is 5.58. The van der Waals surface area contributed by atoms with Crippen LogP contribution >= 0.6 is 0 Å². The zero-order chi connectivity index (χ0) is 16.9. The Kier molecular flexibility index (Phi) is 5.55. The van der Waals surface area contributed by atoms with Crippen molar-refractivity contribution in [1.29, 1.82) is 0 Å². The van der Waals surface area contributed by atoms with Gasteiger partial charge in [0, 0.05) is 6.54 Å². The molecule has 122 valence electrons. The fraction of sp³-hybridized carbons (Fsp3) is 0.278. The molecule has 0 aliphatic heterocycles. The zero-order valence-corrected chi connectivity index (χ0v) is 14.1. The molecule has 1 N–H and O–H groups in total. The van der Waals surface area contributed by atoms with Gasteiger partial charge in [0.1, 0.15) is 5.25 Å². The van der Waals surface area contributed by atoms with Crippen molar-refractivity contribution in [2.24, 2.45) is 0 Å². The Balaban J connectivity index is 2.00. The van der Waals surface area contributed by atoms with Crippen molar-refractivity contribution < 1.29 is 13.2 Å². The molecule has 4 nitrogen and oxygen atoms in total. The molecule has 0 bridgehead atoms. The number of nitrogens with one attached hydrogen (secondary N) is 1. The van der Waals surface area contributed by atoms with E-state index in [1.54, 1.807) is 24.3 Å². The first-order chi connectivity index (χ1) is 10.9. The number of hydrogen-bond donors (Lipinski definition) is 1. The van der Waals surface area contributed by atoms with Crippen LogP contribution in [0.3, 0.4) is 0 Å². The molecule has 0 aliphatic rings. The molecular weight excluding hydrogens is 310 g/mol. The van der Waals surface area contributed by atoms with Crippen molar-refractivity contribution in [2.45, 2.75) is 31.4 Å². The Morgan fingerprint density at radius 1 is 1.04 bits per heavy atom. The molecule has 0 saturated heterocycles. The maximum atomic E-state index is 12.4. The molecular formula is C18H21NO3S. The van der Waals surface area contributed by atoms with Gasteiger partial charge in [-0.3, -0.25) is 4.79 Å². The molecule has 0 aliphatic carbocycles. The van der Waals surface area contributed by atoms with Gasteiger partial charge in [0.15, 0.2) is 9.84 Å². The Bertz CT molecular complexity index is 770. The molecule has 2 rings (SSSR count). The van der Waals surface area contributed by atoms with Crippen LogP contribution in [-0.4, -0.2) is 19.6 Å². The number of carbonyl (C=O) groups excluding carboxylic acids is 1. The molecule has 0 fully saturated rings. The molecule has 5 heteroatoms. The molecule has 0 spiro atoms. The minimum atomic E-state index is -3.54. The third-order valence-corrected chi connectivity index (χ3v) is 5.86. The summed E-state index contributed by atoms with van der Waals surface area (Å²) < 4.78 is 24.7. The number of rotatable bonds is 6. The van der Waals surface area contributed by atoms with Gasteiger partial charge in [0.2, 0.25) is 5.91 Å². The van der Waals surface area contributed by atoms with Crippen molar-refractivity contribution in [3.05, 3.63) is 71.3 Å².